The standard InChI is InChI=1S/C29H31BrN2O6S3/c1-32(17-5-19-41(36,37)38)24-14-12-23(13-15-24)27(29-28(30)25-6-2-3-7-26(25)39-29)22-10-8-21(9-11-22)20-31-16-4-18-40(33,34)35/h2-3,6-15,20,31H,4-5,16-19H2,1H3,(H,33,34,35)(H,36,37,38). The maximum atomic E-state index is 11.1. The van der Waals surface area contributed by atoms with E-state index in [0.29, 0.717) is 25.9 Å². The highest BCUT2D eigenvalue weighted by molar-refractivity contribution is 9.10. The van der Waals surface area contributed by atoms with Crippen molar-refractivity contribution < 1.29 is 25.9 Å². The Morgan fingerprint density at radius 3 is 2.17 bits per heavy atom. The summed E-state index contributed by atoms with van der Waals surface area (Å²) in [5, 5.41) is 6.18. The highest BCUT2D eigenvalue weighted by atomic mass is 79.9. The Hall–Kier alpha value is -2.74. The zero-order valence-corrected chi connectivity index (χ0v) is 26.4. The summed E-state index contributed by atoms with van der Waals surface area (Å²) in [7, 11) is -6.06. The van der Waals surface area contributed by atoms with E-state index in [1.54, 1.807) is 11.3 Å². The zero-order chi connectivity index (χ0) is 29.6. The first-order chi connectivity index (χ1) is 19.4. The van der Waals surface area contributed by atoms with Gasteiger partial charge in [-0.2, -0.15) is 16.8 Å². The van der Waals surface area contributed by atoms with Crippen molar-refractivity contribution in [2.45, 2.75) is 12.8 Å². The number of anilines is 1. The van der Waals surface area contributed by atoms with Crippen LogP contribution in [0.5, 0.6) is 0 Å². The highest BCUT2D eigenvalue weighted by Crippen LogP contribution is 2.41. The Labute approximate surface area is 252 Å². The topological polar surface area (TPSA) is 124 Å². The van der Waals surface area contributed by atoms with Gasteiger partial charge in [0.2, 0.25) is 0 Å². The summed E-state index contributed by atoms with van der Waals surface area (Å²) in [6.45, 7) is 0.906. The van der Waals surface area contributed by atoms with E-state index in [4.69, 9.17) is 9.11 Å². The van der Waals surface area contributed by atoms with Crippen LogP contribution in [-0.2, 0) is 20.2 Å². The van der Waals surface area contributed by atoms with Gasteiger partial charge in [0.15, 0.2) is 0 Å². The minimum atomic E-state index is -3.98. The molecule has 1 aromatic heterocycles. The molecule has 4 aromatic rings. The van der Waals surface area contributed by atoms with Gasteiger partial charge in [0.1, 0.15) is 0 Å². The Morgan fingerprint density at radius 1 is 0.902 bits per heavy atom. The Kier molecular flexibility index (Phi) is 10.3. The number of thiophene rings is 1. The van der Waals surface area contributed by atoms with Gasteiger partial charge < -0.3 is 10.2 Å². The fourth-order valence-electron chi connectivity index (χ4n) is 4.39. The number of hydrogen-bond acceptors (Lipinski definition) is 7. The fourth-order valence-corrected chi connectivity index (χ4v) is 7.50. The summed E-state index contributed by atoms with van der Waals surface area (Å²) >= 11 is 5.55. The van der Waals surface area contributed by atoms with Crippen molar-refractivity contribution in [3.05, 3.63) is 98.1 Å². The molecule has 0 amide bonds. The molecule has 0 saturated heterocycles. The number of halogens is 1. The smallest absolute Gasteiger partial charge is 0.264 e. The molecule has 0 fully saturated rings. The molecule has 0 bridgehead atoms. The molecule has 3 N–H and O–H groups in total. The Bertz CT molecular complexity index is 1830. The molecule has 8 nitrogen and oxygen atoms in total. The molecule has 218 valence electrons. The van der Waals surface area contributed by atoms with Gasteiger partial charge in [-0.05, 0) is 63.0 Å². The van der Waals surface area contributed by atoms with Crippen molar-refractivity contribution in [1.29, 1.82) is 0 Å². The van der Waals surface area contributed by atoms with Crippen molar-refractivity contribution in [3.63, 3.8) is 0 Å². The lowest BCUT2D eigenvalue weighted by Gasteiger charge is -2.19. The molecule has 0 spiro atoms. The molecule has 0 unspecified atom stereocenters. The predicted molar refractivity (Wildman–Crippen MR) is 171 cm³/mol. The van der Waals surface area contributed by atoms with Crippen molar-refractivity contribution in [3.8, 4) is 0 Å². The summed E-state index contributed by atoms with van der Waals surface area (Å²) in [6, 6.07) is 24.4. The highest BCUT2D eigenvalue weighted by Gasteiger charge is 2.16. The average Bonchev–Trinajstić information content (AvgIpc) is 3.24. The molecule has 1 heterocycles. The minimum absolute atomic E-state index is 0.277. The number of hydrogen-bond donors (Lipinski definition) is 3. The number of nitrogens with one attached hydrogen (secondary N) is 1. The normalized spacial score (nSPS) is 11.9. The fraction of sp³-hybridized carbons (Fsp3) is 0.241. The monoisotopic (exact) mass is 678 g/mol. The van der Waals surface area contributed by atoms with Crippen molar-refractivity contribution >= 4 is 75.0 Å². The summed E-state index contributed by atoms with van der Waals surface area (Å²) < 4.78 is 64.0. The SMILES string of the molecule is CN(CCCS(=O)(=O)O)c1ccc(C(c2sc3ccccc3c2Br)=c2ccc(=CNCCCS(=O)(=O)O)cc2)cc1. The van der Waals surface area contributed by atoms with Gasteiger partial charge >= 0.3 is 0 Å². The number of rotatable bonds is 12. The second-order valence-corrected chi connectivity index (χ2v) is 14.6. The lowest BCUT2D eigenvalue weighted by molar-refractivity contribution is 0.479. The molecule has 4 rings (SSSR count). The van der Waals surface area contributed by atoms with E-state index >= 15 is 0 Å². The molecule has 0 aliphatic heterocycles. The van der Waals surface area contributed by atoms with E-state index in [-0.39, 0.29) is 11.5 Å². The number of benzene rings is 3. The van der Waals surface area contributed by atoms with Gasteiger partial charge in [-0.25, -0.2) is 0 Å². The van der Waals surface area contributed by atoms with Crippen LogP contribution in [0.15, 0.2) is 77.3 Å². The molecule has 3 aromatic carbocycles. The zero-order valence-electron chi connectivity index (χ0n) is 22.3. The quantitative estimate of drug-likeness (QED) is 0.150. The minimum Gasteiger partial charge on any atom is -0.390 e. The van der Waals surface area contributed by atoms with Crippen molar-refractivity contribution in [2.24, 2.45) is 0 Å². The van der Waals surface area contributed by atoms with Gasteiger partial charge in [0.05, 0.1) is 16.4 Å². The van der Waals surface area contributed by atoms with E-state index < -0.39 is 20.2 Å². The van der Waals surface area contributed by atoms with Gasteiger partial charge in [-0.3, -0.25) is 9.11 Å². The Balaban J connectivity index is 1.67. The summed E-state index contributed by atoms with van der Waals surface area (Å²) in [4.78, 5) is 3.05. The second kappa shape index (κ2) is 13.5. The van der Waals surface area contributed by atoms with Gasteiger partial charge in [-0.1, -0.05) is 54.6 Å². The van der Waals surface area contributed by atoms with Gasteiger partial charge in [0, 0.05) is 52.2 Å². The first-order valence-corrected chi connectivity index (χ1v) is 17.7. The van der Waals surface area contributed by atoms with Crippen LogP contribution in [0.3, 0.4) is 0 Å². The third kappa shape index (κ3) is 8.87. The van der Waals surface area contributed by atoms with Gasteiger partial charge in [-0.15, -0.1) is 11.3 Å². The molecular formula is C29H31BrN2O6S3. The van der Waals surface area contributed by atoms with Crippen LogP contribution >= 0.6 is 27.3 Å². The first-order valence-electron chi connectivity index (χ1n) is 12.8. The van der Waals surface area contributed by atoms with E-state index in [2.05, 4.69) is 45.5 Å². The van der Waals surface area contributed by atoms with Crippen LogP contribution in [0.1, 0.15) is 23.3 Å². The third-order valence-corrected chi connectivity index (χ3v) is 10.3. The predicted octanol–water partition coefficient (Wildman–Crippen LogP) is 4.23. The summed E-state index contributed by atoms with van der Waals surface area (Å²) in [5.74, 6) is -0.560. The second-order valence-electron chi connectivity index (χ2n) is 9.58. The average molecular weight is 680 g/mol. The molecule has 41 heavy (non-hydrogen) atoms. The van der Waals surface area contributed by atoms with Gasteiger partial charge in [0.25, 0.3) is 20.2 Å². The maximum Gasteiger partial charge on any atom is 0.264 e. The number of fused-ring (bicyclic) bond motifs is 1. The van der Waals surface area contributed by atoms with Crippen LogP contribution in [-0.4, -0.2) is 57.6 Å². The molecule has 0 atom stereocenters. The van der Waals surface area contributed by atoms with E-state index in [9.17, 15) is 16.8 Å². The van der Waals surface area contributed by atoms with E-state index in [0.717, 1.165) is 42.0 Å². The molecule has 0 aliphatic rings. The first kappa shape index (κ1) is 31.2. The van der Waals surface area contributed by atoms with Crippen LogP contribution < -0.4 is 20.7 Å². The largest absolute Gasteiger partial charge is 0.390 e. The lowest BCUT2D eigenvalue weighted by atomic mass is 10.00. The molecule has 12 heteroatoms. The van der Waals surface area contributed by atoms with Crippen LogP contribution in [0.4, 0.5) is 5.69 Å². The van der Waals surface area contributed by atoms with Crippen molar-refractivity contribution in [2.75, 3.05) is 36.5 Å². The Morgan fingerprint density at radius 2 is 1.54 bits per heavy atom. The summed E-state index contributed by atoms with van der Waals surface area (Å²) in [5.41, 5.74) is 3.02. The van der Waals surface area contributed by atoms with E-state index in [1.165, 1.54) is 4.70 Å². The van der Waals surface area contributed by atoms with Crippen LogP contribution in [0.2, 0.25) is 0 Å². The van der Waals surface area contributed by atoms with Crippen LogP contribution in [0.25, 0.3) is 21.9 Å². The summed E-state index contributed by atoms with van der Waals surface area (Å²) in [6.07, 6.45) is 2.44. The molecule has 0 radical (unpaired) electrons. The van der Waals surface area contributed by atoms with Crippen LogP contribution in [0, 0.1) is 0 Å². The molecule has 0 saturated carbocycles. The molecular weight excluding hydrogens is 648 g/mol. The number of nitrogens with zero attached hydrogens (tertiary/aromatic N) is 1. The molecule has 0 aliphatic carbocycles. The third-order valence-electron chi connectivity index (χ3n) is 6.45. The van der Waals surface area contributed by atoms with Crippen molar-refractivity contribution in [1.82, 2.24) is 5.32 Å². The maximum absolute atomic E-state index is 11.1. The van der Waals surface area contributed by atoms with E-state index in [1.807, 2.05) is 66.7 Å². The lowest BCUT2D eigenvalue weighted by Crippen LogP contribution is -2.21.